The number of rotatable bonds is 4. The van der Waals surface area contributed by atoms with Crippen molar-refractivity contribution in [1.82, 2.24) is 9.55 Å². The Morgan fingerprint density at radius 3 is 2.76 bits per heavy atom. The van der Waals surface area contributed by atoms with Crippen molar-refractivity contribution in [3.05, 3.63) is 33.9 Å². The maximum absolute atomic E-state index is 14.6. The van der Waals surface area contributed by atoms with Crippen molar-refractivity contribution in [3.8, 4) is 0 Å². The van der Waals surface area contributed by atoms with Gasteiger partial charge in [-0.15, -0.1) is 0 Å². The van der Waals surface area contributed by atoms with E-state index in [2.05, 4.69) is 4.98 Å². The third kappa shape index (κ3) is 2.66. The Kier molecular flexibility index (Phi) is 3.72. The van der Waals surface area contributed by atoms with Gasteiger partial charge in [0.1, 0.15) is 11.2 Å². The highest BCUT2D eigenvalue weighted by Crippen LogP contribution is 2.37. The topological polar surface area (TPSA) is 101 Å². The minimum absolute atomic E-state index is 0.0163. The van der Waals surface area contributed by atoms with E-state index in [1.54, 1.807) is 4.57 Å². The molecule has 8 heteroatoms. The lowest BCUT2D eigenvalue weighted by Gasteiger charge is -2.20. The molecule has 2 aromatic rings. The van der Waals surface area contributed by atoms with Gasteiger partial charge in [0.15, 0.2) is 11.6 Å². The number of anilines is 1. The number of carboxylic acids is 1. The summed E-state index contributed by atoms with van der Waals surface area (Å²) >= 11 is 0. The fourth-order valence-corrected chi connectivity index (χ4v) is 3.46. The number of halogens is 1. The van der Waals surface area contributed by atoms with Crippen LogP contribution in [0.1, 0.15) is 35.7 Å². The molecule has 25 heavy (non-hydrogen) atoms. The molecule has 0 amide bonds. The summed E-state index contributed by atoms with van der Waals surface area (Å²) < 4.78 is 16.3. The lowest BCUT2D eigenvalue weighted by molar-refractivity contribution is 0.0695. The predicted molar refractivity (Wildman–Crippen MR) is 90.6 cm³/mol. The third-order valence-electron chi connectivity index (χ3n) is 5.03. The van der Waals surface area contributed by atoms with Gasteiger partial charge < -0.3 is 20.3 Å². The molecule has 0 bridgehead atoms. The summed E-state index contributed by atoms with van der Waals surface area (Å²) in [6, 6.07) is 1.24. The molecule has 2 aromatic heterocycles. The van der Waals surface area contributed by atoms with Crippen molar-refractivity contribution in [2.45, 2.75) is 25.3 Å². The molecule has 1 aliphatic carbocycles. The van der Waals surface area contributed by atoms with Gasteiger partial charge in [0, 0.05) is 25.3 Å². The molecule has 1 atom stereocenters. The molecule has 0 unspecified atom stereocenters. The molecule has 0 aromatic carbocycles. The summed E-state index contributed by atoms with van der Waals surface area (Å²) in [5.74, 6) is -1.40. The molecule has 4 rings (SSSR count). The van der Waals surface area contributed by atoms with Crippen LogP contribution in [0.3, 0.4) is 0 Å². The molecule has 1 aliphatic heterocycles. The normalized spacial score (nSPS) is 20.4. The van der Waals surface area contributed by atoms with Crippen molar-refractivity contribution in [1.29, 1.82) is 0 Å². The molecule has 3 heterocycles. The van der Waals surface area contributed by atoms with Gasteiger partial charge in [0.2, 0.25) is 5.43 Å². The standard InChI is InChI=1S/C17H19FN4O3/c18-13-5-11-14(23)12(17(24)25)8-22(10-1-2-10)15(11)20-16(13)21-4-3-9(6-19)7-21/h5,8-10H,1-4,6-7,19H2,(H,24,25)/t9-/m1/s1. The van der Waals surface area contributed by atoms with Gasteiger partial charge >= 0.3 is 5.97 Å². The van der Waals surface area contributed by atoms with Crippen LogP contribution in [0.4, 0.5) is 10.2 Å². The largest absolute Gasteiger partial charge is 0.477 e. The summed E-state index contributed by atoms with van der Waals surface area (Å²) in [6.07, 6.45) is 4.00. The summed E-state index contributed by atoms with van der Waals surface area (Å²) in [7, 11) is 0. The number of carboxylic acid groups (broad SMARTS) is 1. The highest BCUT2D eigenvalue weighted by atomic mass is 19.1. The molecule has 0 spiro atoms. The molecule has 132 valence electrons. The van der Waals surface area contributed by atoms with Gasteiger partial charge in [-0.2, -0.15) is 0 Å². The van der Waals surface area contributed by atoms with E-state index in [0.717, 1.165) is 25.3 Å². The Morgan fingerprint density at radius 1 is 1.40 bits per heavy atom. The third-order valence-corrected chi connectivity index (χ3v) is 5.03. The first-order valence-electron chi connectivity index (χ1n) is 8.43. The zero-order valence-corrected chi connectivity index (χ0v) is 13.6. The first-order valence-corrected chi connectivity index (χ1v) is 8.43. The van der Waals surface area contributed by atoms with E-state index in [0.29, 0.717) is 31.2 Å². The highest BCUT2D eigenvalue weighted by Gasteiger charge is 2.30. The first-order chi connectivity index (χ1) is 12.0. The fraction of sp³-hybridized carbons (Fsp3) is 0.471. The van der Waals surface area contributed by atoms with E-state index in [1.165, 1.54) is 6.20 Å². The summed E-state index contributed by atoms with van der Waals surface area (Å²) in [4.78, 5) is 30.0. The zero-order valence-electron chi connectivity index (χ0n) is 13.6. The van der Waals surface area contributed by atoms with Crippen LogP contribution in [0.2, 0.25) is 0 Å². The smallest absolute Gasteiger partial charge is 0.341 e. The summed E-state index contributed by atoms with van der Waals surface area (Å²) in [6.45, 7) is 1.84. The van der Waals surface area contributed by atoms with Gasteiger partial charge in [-0.1, -0.05) is 0 Å². The van der Waals surface area contributed by atoms with Gasteiger partial charge in [-0.3, -0.25) is 4.79 Å². The van der Waals surface area contributed by atoms with Gasteiger partial charge in [0.25, 0.3) is 0 Å². The molecule has 2 fully saturated rings. The molecule has 3 N–H and O–H groups in total. The lowest BCUT2D eigenvalue weighted by Crippen LogP contribution is -2.26. The predicted octanol–water partition coefficient (Wildman–Crippen LogP) is 1.35. The van der Waals surface area contributed by atoms with Gasteiger partial charge in [-0.25, -0.2) is 14.2 Å². The molecular formula is C17H19FN4O3. The van der Waals surface area contributed by atoms with Crippen LogP contribution < -0.4 is 16.1 Å². The fourth-order valence-electron chi connectivity index (χ4n) is 3.46. The van der Waals surface area contributed by atoms with E-state index in [1.807, 2.05) is 4.90 Å². The van der Waals surface area contributed by atoms with Crippen molar-refractivity contribution in [2.24, 2.45) is 11.7 Å². The number of pyridine rings is 2. The molecule has 1 saturated heterocycles. The quantitative estimate of drug-likeness (QED) is 0.867. The second kappa shape index (κ2) is 5.80. The molecule has 2 aliphatic rings. The number of nitrogens with zero attached hydrogens (tertiary/aromatic N) is 3. The van der Waals surface area contributed by atoms with Crippen molar-refractivity contribution < 1.29 is 14.3 Å². The number of fused-ring (bicyclic) bond motifs is 1. The average molecular weight is 346 g/mol. The molecule has 0 radical (unpaired) electrons. The van der Waals surface area contributed by atoms with Crippen LogP contribution in [0.15, 0.2) is 17.1 Å². The van der Waals surface area contributed by atoms with E-state index >= 15 is 0 Å². The Labute approximate surface area is 142 Å². The number of aromatic carboxylic acids is 1. The van der Waals surface area contributed by atoms with Gasteiger partial charge in [-0.05, 0) is 37.8 Å². The lowest BCUT2D eigenvalue weighted by atomic mass is 10.1. The summed E-state index contributed by atoms with van der Waals surface area (Å²) in [5, 5.41) is 9.27. The SMILES string of the molecule is NC[C@H]1CCN(c2nc3c(cc2F)c(=O)c(C(=O)O)cn3C2CC2)C1. The zero-order chi connectivity index (χ0) is 17.7. The Hall–Kier alpha value is -2.48. The van der Waals surface area contributed by atoms with Crippen LogP contribution in [0.5, 0.6) is 0 Å². The van der Waals surface area contributed by atoms with E-state index in [9.17, 15) is 19.1 Å². The van der Waals surface area contributed by atoms with Crippen molar-refractivity contribution in [2.75, 3.05) is 24.5 Å². The van der Waals surface area contributed by atoms with E-state index < -0.39 is 17.2 Å². The molecular weight excluding hydrogens is 327 g/mol. The minimum atomic E-state index is -1.31. The van der Waals surface area contributed by atoms with Crippen LogP contribution in [-0.2, 0) is 0 Å². The second-order valence-corrected chi connectivity index (χ2v) is 6.82. The molecule has 1 saturated carbocycles. The van der Waals surface area contributed by atoms with E-state index in [4.69, 9.17) is 5.73 Å². The minimum Gasteiger partial charge on any atom is -0.477 e. The van der Waals surface area contributed by atoms with Crippen LogP contribution in [0, 0.1) is 11.7 Å². The van der Waals surface area contributed by atoms with Crippen LogP contribution in [0.25, 0.3) is 11.0 Å². The average Bonchev–Trinajstić information content (AvgIpc) is 3.31. The first kappa shape index (κ1) is 16.0. The number of carbonyl (C=O) groups is 1. The van der Waals surface area contributed by atoms with E-state index in [-0.39, 0.29) is 22.8 Å². The Balaban J connectivity index is 1.90. The Bertz CT molecular complexity index is 922. The number of nitrogens with two attached hydrogens (primary N) is 1. The monoisotopic (exact) mass is 346 g/mol. The van der Waals surface area contributed by atoms with Crippen LogP contribution in [-0.4, -0.2) is 40.3 Å². The number of aromatic nitrogens is 2. The van der Waals surface area contributed by atoms with Gasteiger partial charge in [0.05, 0.1) is 5.39 Å². The maximum Gasteiger partial charge on any atom is 0.341 e. The number of hydrogen-bond donors (Lipinski definition) is 2. The second-order valence-electron chi connectivity index (χ2n) is 6.82. The van der Waals surface area contributed by atoms with Crippen molar-refractivity contribution in [3.63, 3.8) is 0 Å². The maximum atomic E-state index is 14.6. The summed E-state index contributed by atoms with van der Waals surface area (Å²) in [5.41, 5.74) is 5.00. The van der Waals surface area contributed by atoms with Crippen molar-refractivity contribution >= 4 is 22.8 Å². The number of hydrogen-bond acceptors (Lipinski definition) is 5. The highest BCUT2D eigenvalue weighted by molar-refractivity contribution is 5.92. The Morgan fingerprint density at radius 2 is 2.16 bits per heavy atom. The van der Waals surface area contributed by atoms with Crippen LogP contribution >= 0.6 is 0 Å². The molecule has 7 nitrogen and oxygen atoms in total.